The van der Waals surface area contributed by atoms with Crippen LogP contribution in [0.4, 0.5) is 4.39 Å². The highest BCUT2D eigenvalue weighted by molar-refractivity contribution is 5.75. The molecule has 88 valence electrons. The van der Waals surface area contributed by atoms with Gasteiger partial charge in [-0.05, 0) is 30.7 Å². The quantitative estimate of drug-likeness (QED) is 0.885. The van der Waals surface area contributed by atoms with E-state index in [1.165, 1.54) is 23.7 Å². The lowest BCUT2D eigenvalue weighted by Crippen LogP contribution is -2.08. The standard InChI is InChI=1S/C12H11FN2O2/c1-8(12(16)17)9-3-4-11(10(13)7-9)15-6-2-5-14-15/h2-8H,1H3,(H,16,17). The van der Waals surface area contributed by atoms with Gasteiger partial charge in [-0.1, -0.05) is 6.07 Å². The van der Waals surface area contributed by atoms with Gasteiger partial charge in [0.05, 0.1) is 5.92 Å². The largest absolute Gasteiger partial charge is 0.481 e. The van der Waals surface area contributed by atoms with Crippen molar-refractivity contribution in [3.8, 4) is 5.69 Å². The molecule has 0 radical (unpaired) electrons. The zero-order chi connectivity index (χ0) is 12.4. The lowest BCUT2D eigenvalue weighted by atomic mass is 10.0. The number of rotatable bonds is 3. The monoisotopic (exact) mass is 234 g/mol. The highest BCUT2D eigenvalue weighted by Crippen LogP contribution is 2.20. The molecule has 1 aromatic heterocycles. The third-order valence-electron chi connectivity index (χ3n) is 2.59. The number of aromatic nitrogens is 2. The number of hydrogen-bond acceptors (Lipinski definition) is 2. The minimum absolute atomic E-state index is 0.302. The van der Waals surface area contributed by atoms with Gasteiger partial charge < -0.3 is 5.11 Å². The van der Waals surface area contributed by atoms with Crippen LogP contribution in [0, 0.1) is 5.82 Å². The first-order valence-corrected chi connectivity index (χ1v) is 5.12. The molecule has 1 atom stereocenters. The van der Waals surface area contributed by atoms with E-state index in [9.17, 15) is 9.18 Å². The topological polar surface area (TPSA) is 55.1 Å². The Kier molecular flexibility index (Phi) is 2.91. The van der Waals surface area contributed by atoms with Crippen LogP contribution in [0.15, 0.2) is 36.7 Å². The fourth-order valence-electron chi connectivity index (χ4n) is 1.53. The van der Waals surface area contributed by atoms with Crippen LogP contribution < -0.4 is 0 Å². The van der Waals surface area contributed by atoms with Gasteiger partial charge in [-0.25, -0.2) is 9.07 Å². The molecule has 0 fully saturated rings. The van der Waals surface area contributed by atoms with E-state index in [1.54, 1.807) is 24.5 Å². The maximum absolute atomic E-state index is 13.8. The van der Waals surface area contributed by atoms with Gasteiger partial charge in [-0.15, -0.1) is 0 Å². The van der Waals surface area contributed by atoms with Crippen molar-refractivity contribution in [2.45, 2.75) is 12.8 Å². The van der Waals surface area contributed by atoms with Gasteiger partial charge in [0.2, 0.25) is 0 Å². The third kappa shape index (κ3) is 2.18. The molecule has 1 N–H and O–H groups in total. The summed E-state index contributed by atoms with van der Waals surface area (Å²) in [5, 5.41) is 12.8. The molecule has 0 spiro atoms. The van der Waals surface area contributed by atoms with Crippen LogP contribution in [0.25, 0.3) is 5.69 Å². The van der Waals surface area contributed by atoms with Gasteiger partial charge in [0.1, 0.15) is 11.5 Å². The van der Waals surface area contributed by atoms with Crippen LogP contribution in [0.2, 0.25) is 0 Å². The zero-order valence-corrected chi connectivity index (χ0v) is 9.17. The minimum Gasteiger partial charge on any atom is -0.481 e. The average molecular weight is 234 g/mol. The molecule has 17 heavy (non-hydrogen) atoms. The summed E-state index contributed by atoms with van der Waals surface area (Å²) < 4.78 is 15.2. The molecule has 0 bridgehead atoms. The Morgan fingerprint density at radius 3 is 2.82 bits per heavy atom. The molecule has 0 aliphatic carbocycles. The van der Waals surface area contributed by atoms with E-state index in [0.29, 0.717) is 11.3 Å². The smallest absolute Gasteiger partial charge is 0.310 e. The van der Waals surface area contributed by atoms with Gasteiger partial charge in [-0.2, -0.15) is 5.10 Å². The Labute approximate surface area is 97.3 Å². The fraction of sp³-hybridized carbons (Fsp3) is 0.167. The number of carbonyl (C=O) groups is 1. The molecular weight excluding hydrogens is 223 g/mol. The van der Waals surface area contributed by atoms with Gasteiger partial charge in [0.25, 0.3) is 0 Å². The summed E-state index contributed by atoms with van der Waals surface area (Å²) in [5.41, 5.74) is 0.738. The van der Waals surface area contributed by atoms with Crippen molar-refractivity contribution in [3.05, 3.63) is 48.0 Å². The highest BCUT2D eigenvalue weighted by atomic mass is 19.1. The second-order valence-corrected chi connectivity index (χ2v) is 3.72. The summed E-state index contributed by atoms with van der Waals surface area (Å²) in [7, 11) is 0. The van der Waals surface area contributed by atoms with Crippen LogP contribution >= 0.6 is 0 Å². The Morgan fingerprint density at radius 1 is 1.53 bits per heavy atom. The van der Waals surface area contributed by atoms with Crippen LogP contribution in [0.1, 0.15) is 18.4 Å². The van der Waals surface area contributed by atoms with E-state index in [4.69, 9.17) is 5.11 Å². The van der Waals surface area contributed by atoms with Crippen LogP contribution in [0.5, 0.6) is 0 Å². The SMILES string of the molecule is CC(C(=O)O)c1ccc(-n2cccn2)c(F)c1. The Hall–Kier alpha value is -2.17. The van der Waals surface area contributed by atoms with E-state index in [2.05, 4.69) is 5.10 Å². The predicted octanol–water partition coefficient (Wildman–Crippen LogP) is 2.20. The molecule has 4 nitrogen and oxygen atoms in total. The van der Waals surface area contributed by atoms with Crippen molar-refractivity contribution in [2.75, 3.05) is 0 Å². The average Bonchev–Trinajstić information content (AvgIpc) is 2.81. The lowest BCUT2D eigenvalue weighted by Gasteiger charge is -2.09. The molecule has 0 aliphatic rings. The van der Waals surface area contributed by atoms with E-state index in [0.717, 1.165) is 0 Å². The molecule has 0 saturated carbocycles. The summed E-state index contributed by atoms with van der Waals surface area (Å²) in [5.74, 6) is -2.19. The number of halogens is 1. The Morgan fingerprint density at radius 2 is 2.29 bits per heavy atom. The maximum atomic E-state index is 13.8. The number of benzene rings is 1. The van der Waals surface area contributed by atoms with Crippen molar-refractivity contribution >= 4 is 5.97 Å². The minimum atomic E-state index is -0.976. The van der Waals surface area contributed by atoms with Gasteiger partial charge in [0.15, 0.2) is 0 Å². The van der Waals surface area contributed by atoms with Gasteiger partial charge in [0, 0.05) is 12.4 Å². The molecule has 1 heterocycles. The molecule has 0 saturated heterocycles. The molecule has 0 amide bonds. The fourth-order valence-corrected chi connectivity index (χ4v) is 1.53. The van der Waals surface area contributed by atoms with Crippen molar-refractivity contribution in [2.24, 2.45) is 0 Å². The number of carboxylic acids is 1. The Balaban J connectivity index is 2.39. The first-order valence-electron chi connectivity index (χ1n) is 5.12. The van der Waals surface area contributed by atoms with E-state index in [-0.39, 0.29) is 0 Å². The third-order valence-corrected chi connectivity index (χ3v) is 2.59. The summed E-state index contributed by atoms with van der Waals surface area (Å²) in [6, 6.07) is 6.04. The number of nitrogens with zero attached hydrogens (tertiary/aromatic N) is 2. The van der Waals surface area contributed by atoms with Crippen molar-refractivity contribution in [1.82, 2.24) is 9.78 Å². The van der Waals surface area contributed by atoms with E-state index >= 15 is 0 Å². The summed E-state index contributed by atoms with van der Waals surface area (Å²) >= 11 is 0. The molecular formula is C12H11FN2O2. The van der Waals surface area contributed by atoms with Crippen molar-refractivity contribution in [1.29, 1.82) is 0 Å². The predicted molar refractivity (Wildman–Crippen MR) is 59.6 cm³/mol. The first-order chi connectivity index (χ1) is 8.09. The van der Waals surface area contributed by atoms with E-state index in [1.807, 2.05) is 0 Å². The highest BCUT2D eigenvalue weighted by Gasteiger charge is 2.15. The first kappa shape index (κ1) is 11.3. The molecule has 5 heteroatoms. The van der Waals surface area contributed by atoms with Crippen molar-refractivity contribution < 1.29 is 14.3 Å². The number of aliphatic carboxylic acids is 1. The van der Waals surface area contributed by atoms with Crippen LogP contribution in [-0.2, 0) is 4.79 Å². The van der Waals surface area contributed by atoms with Gasteiger partial charge >= 0.3 is 5.97 Å². The summed E-state index contributed by atoms with van der Waals surface area (Å²) in [4.78, 5) is 10.8. The number of carboxylic acid groups (broad SMARTS) is 1. The zero-order valence-electron chi connectivity index (χ0n) is 9.17. The number of hydrogen-bond donors (Lipinski definition) is 1. The normalized spacial score (nSPS) is 12.4. The maximum Gasteiger partial charge on any atom is 0.310 e. The Bertz CT molecular complexity index is 537. The molecule has 1 aromatic carbocycles. The summed E-state index contributed by atoms with van der Waals surface area (Å²) in [6.45, 7) is 1.52. The van der Waals surface area contributed by atoms with Crippen LogP contribution in [0.3, 0.4) is 0 Å². The summed E-state index contributed by atoms with van der Waals surface area (Å²) in [6.07, 6.45) is 3.17. The second kappa shape index (κ2) is 4.37. The molecule has 0 aliphatic heterocycles. The van der Waals surface area contributed by atoms with Gasteiger partial charge in [-0.3, -0.25) is 4.79 Å². The second-order valence-electron chi connectivity index (χ2n) is 3.72. The lowest BCUT2D eigenvalue weighted by molar-refractivity contribution is -0.138. The molecule has 2 aromatic rings. The molecule has 2 rings (SSSR count). The van der Waals surface area contributed by atoms with Crippen LogP contribution in [-0.4, -0.2) is 20.9 Å². The van der Waals surface area contributed by atoms with Crippen molar-refractivity contribution in [3.63, 3.8) is 0 Å². The van der Waals surface area contributed by atoms with E-state index < -0.39 is 17.7 Å². The molecule has 1 unspecified atom stereocenters.